The van der Waals surface area contributed by atoms with E-state index in [2.05, 4.69) is 10.1 Å². The van der Waals surface area contributed by atoms with Crippen LogP contribution in [-0.4, -0.2) is 19.0 Å². The minimum Gasteiger partial charge on any atom is -0.465 e. The predicted molar refractivity (Wildman–Crippen MR) is 88.9 cm³/mol. The summed E-state index contributed by atoms with van der Waals surface area (Å²) in [4.78, 5) is 24.1. The van der Waals surface area contributed by atoms with Crippen LogP contribution in [0.15, 0.2) is 16.5 Å². The van der Waals surface area contributed by atoms with E-state index >= 15 is 0 Å². The van der Waals surface area contributed by atoms with Crippen LogP contribution in [0.2, 0.25) is 15.1 Å². The Hall–Kier alpha value is -2.20. The van der Waals surface area contributed by atoms with Crippen molar-refractivity contribution in [2.45, 2.75) is 6.92 Å². The lowest BCUT2D eigenvalue weighted by Gasteiger charge is -2.08. The van der Waals surface area contributed by atoms with E-state index in [1.807, 2.05) is 0 Å². The molecule has 0 aliphatic rings. The van der Waals surface area contributed by atoms with Crippen molar-refractivity contribution >= 4 is 52.6 Å². The maximum absolute atomic E-state index is 12.4. The Morgan fingerprint density at radius 3 is 2.42 bits per heavy atom. The molecule has 1 heterocycles. The van der Waals surface area contributed by atoms with E-state index in [9.17, 15) is 14.9 Å². The van der Waals surface area contributed by atoms with Crippen LogP contribution in [0.4, 0.5) is 5.88 Å². The van der Waals surface area contributed by atoms with E-state index in [-0.39, 0.29) is 43.4 Å². The van der Waals surface area contributed by atoms with E-state index in [1.165, 1.54) is 26.2 Å². The number of carbonyl (C=O) groups excluding carboxylic acids is 2. The highest BCUT2D eigenvalue weighted by Gasteiger charge is 2.27. The molecule has 0 spiro atoms. The van der Waals surface area contributed by atoms with Crippen LogP contribution in [-0.2, 0) is 4.74 Å². The fourth-order valence-corrected chi connectivity index (χ4v) is 2.69. The molecule has 0 aliphatic carbocycles. The number of nitrogens with one attached hydrogen (secondary N) is 1. The maximum Gasteiger partial charge on any atom is 0.342 e. The molecule has 9 heteroatoms. The van der Waals surface area contributed by atoms with Gasteiger partial charge in [-0.25, -0.2) is 4.79 Å². The number of amides is 1. The van der Waals surface area contributed by atoms with Gasteiger partial charge in [-0.05, 0) is 19.1 Å². The molecule has 1 aromatic heterocycles. The van der Waals surface area contributed by atoms with Crippen molar-refractivity contribution in [1.29, 1.82) is 5.26 Å². The molecule has 1 aromatic carbocycles. The Kier molecular flexibility index (Phi) is 5.40. The minimum absolute atomic E-state index is 0.0448. The number of aryl methyl sites for hydroxylation is 1. The summed E-state index contributed by atoms with van der Waals surface area (Å²) in [5, 5.41) is 11.8. The molecule has 0 atom stereocenters. The van der Waals surface area contributed by atoms with Gasteiger partial charge in [0.1, 0.15) is 23.0 Å². The lowest BCUT2D eigenvalue weighted by Crippen LogP contribution is -2.14. The second kappa shape index (κ2) is 7.14. The summed E-state index contributed by atoms with van der Waals surface area (Å²) < 4.78 is 9.88. The fourth-order valence-electron chi connectivity index (χ4n) is 1.99. The average Bonchev–Trinajstić information content (AvgIpc) is 2.85. The molecule has 2 aromatic rings. The van der Waals surface area contributed by atoms with Crippen LogP contribution in [0.5, 0.6) is 0 Å². The number of hydrogen-bond acceptors (Lipinski definition) is 5. The number of carbonyl (C=O) groups is 2. The normalized spacial score (nSPS) is 10.2. The van der Waals surface area contributed by atoms with Crippen LogP contribution in [0.3, 0.4) is 0 Å². The zero-order valence-corrected chi connectivity index (χ0v) is 14.6. The summed E-state index contributed by atoms with van der Waals surface area (Å²) in [5.41, 5.74) is -0.316. The summed E-state index contributed by atoms with van der Waals surface area (Å²) in [6.45, 7) is 1.46. The molecule has 124 valence electrons. The molecule has 0 saturated carbocycles. The summed E-state index contributed by atoms with van der Waals surface area (Å²) >= 11 is 17.8. The van der Waals surface area contributed by atoms with Gasteiger partial charge in [0.05, 0.1) is 27.7 Å². The lowest BCUT2D eigenvalue weighted by molar-refractivity contribution is 0.0598. The van der Waals surface area contributed by atoms with Crippen LogP contribution in [0.25, 0.3) is 0 Å². The van der Waals surface area contributed by atoms with Gasteiger partial charge in [0, 0.05) is 0 Å². The van der Waals surface area contributed by atoms with Gasteiger partial charge in [0.25, 0.3) is 5.91 Å². The van der Waals surface area contributed by atoms with E-state index in [0.717, 1.165) is 0 Å². The van der Waals surface area contributed by atoms with Gasteiger partial charge in [-0.1, -0.05) is 34.8 Å². The third kappa shape index (κ3) is 3.20. The molecule has 1 amide bonds. The molecule has 0 aliphatic heterocycles. The number of benzene rings is 1. The standard InChI is InChI=1S/C15H9Cl3N2O4/c1-6-10(15(22)23-2)7(5-19)14(24-6)20-13(21)11-8(16)3-4-9(17)12(11)18/h3-4H,1-2H3,(H,20,21). The fraction of sp³-hybridized carbons (Fsp3) is 0.133. The summed E-state index contributed by atoms with van der Waals surface area (Å²) in [5.74, 6) is -1.59. The number of nitrogens with zero attached hydrogens (tertiary/aromatic N) is 1. The first kappa shape index (κ1) is 18.1. The van der Waals surface area contributed by atoms with Crippen molar-refractivity contribution in [3.8, 4) is 6.07 Å². The van der Waals surface area contributed by atoms with Crippen LogP contribution >= 0.6 is 34.8 Å². The van der Waals surface area contributed by atoms with Gasteiger partial charge in [-0.15, -0.1) is 0 Å². The largest absolute Gasteiger partial charge is 0.465 e. The van der Waals surface area contributed by atoms with Gasteiger partial charge < -0.3 is 9.15 Å². The van der Waals surface area contributed by atoms with Gasteiger partial charge in [0.15, 0.2) is 0 Å². The summed E-state index contributed by atoms with van der Waals surface area (Å²) in [7, 11) is 1.17. The predicted octanol–water partition coefficient (Wildman–Crippen LogP) is 4.46. The number of nitriles is 1. The highest BCUT2D eigenvalue weighted by atomic mass is 35.5. The van der Waals surface area contributed by atoms with Gasteiger partial charge in [-0.3, -0.25) is 10.1 Å². The molecule has 24 heavy (non-hydrogen) atoms. The van der Waals surface area contributed by atoms with Gasteiger partial charge in [-0.2, -0.15) is 5.26 Å². The van der Waals surface area contributed by atoms with Crippen molar-refractivity contribution in [3.05, 3.63) is 49.7 Å². The molecule has 0 unspecified atom stereocenters. The Balaban J connectivity index is 2.47. The van der Waals surface area contributed by atoms with E-state index < -0.39 is 11.9 Å². The van der Waals surface area contributed by atoms with E-state index in [0.29, 0.717) is 0 Å². The van der Waals surface area contributed by atoms with Gasteiger partial charge in [0.2, 0.25) is 5.88 Å². The molecule has 6 nitrogen and oxygen atoms in total. The minimum atomic E-state index is -0.757. The zero-order valence-electron chi connectivity index (χ0n) is 12.4. The molecular weight excluding hydrogens is 379 g/mol. The SMILES string of the molecule is COC(=O)c1c(C)oc(NC(=O)c2c(Cl)ccc(Cl)c2Cl)c1C#N. The first-order valence-electron chi connectivity index (χ1n) is 6.38. The van der Waals surface area contributed by atoms with Crippen molar-refractivity contribution in [1.82, 2.24) is 0 Å². The first-order chi connectivity index (χ1) is 11.3. The number of rotatable bonds is 3. The van der Waals surface area contributed by atoms with E-state index in [4.69, 9.17) is 39.2 Å². The molecule has 0 radical (unpaired) electrons. The van der Waals surface area contributed by atoms with Crippen LogP contribution < -0.4 is 5.32 Å². The number of anilines is 1. The quantitative estimate of drug-likeness (QED) is 0.620. The third-order valence-electron chi connectivity index (χ3n) is 3.08. The van der Waals surface area contributed by atoms with Crippen molar-refractivity contribution in [2.75, 3.05) is 12.4 Å². The Morgan fingerprint density at radius 2 is 1.83 bits per heavy atom. The first-order valence-corrected chi connectivity index (χ1v) is 7.51. The Morgan fingerprint density at radius 1 is 1.21 bits per heavy atom. The average molecular weight is 388 g/mol. The summed E-state index contributed by atoms with van der Waals surface area (Å²) in [6.07, 6.45) is 0. The number of esters is 1. The molecule has 2 rings (SSSR count). The molecule has 1 N–H and O–H groups in total. The molecule has 0 saturated heterocycles. The monoisotopic (exact) mass is 386 g/mol. The molecular formula is C15H9Cl3N2O4. The smallest absolute Gasteiger partial charge is 0.342 e. The van der Waals surface area contributed by atoms with Crippen molar-refractivity contribution < 1.29 is 18.7 Å². The Labute approximate surface area is 151 Å². The van der Waals surface area contributed by atoms with Crippen LogP contribution in [0.1, 0.15) is 32.0 Å². The highest BCUT2D eigenvalue weighted by molar-refractivity contribution is 6.46. The number of methoxy groups -OCH3 is 1. The number of halogens is 3. The van der Waals surface area contributed by atoms with Gasteiger partial charge >= 0.3 is 5.97 Å². The topological polar surface area (TPSA) is 92.3 Å². The van der Waals surface area contributed by atoms with Crippen molar-refractivity contribution in [2.24, 2.45) is 0 Å². The summed E-state index contributed by atoms with van der Waals surface area (Å²) in [6, 6.07) is 4.64. The van der Waals surface area contributed by atoms with E-state index in [1.54, 1.807) is 6.07 Å². The van der Waals surface area contributed by atoms with Crippen LogP contribution in [0, 0.1) is 18.3 Å². The maximum atomic E-state index is 12.4. The second-order valence-corrected chi connectivity index (χ2v) is 5.71. The molecule has 0 bridgehead atoms. The second-order valence-electron chi connectivity index (χ2n) is 4.51. The third-order valence-corrected chi connectivity index (χ3v) is 4.20. The lowest BCUT2D eigenvalue weighted by atomic mass is 10.1. The number of furan rings is 1. The molecule has 0 fully saturated rings. The number of hydrogen-bond donors (Lipinski definition) is 1. The number of ether oxygens (including phenoxy) is 1. The zero-order chi connectivity index (χ0) is 18.0. The Bertz CT molecular complexity index is 884. The van der Waals surface area contributed by atoms with Crippen molar-refractivity contribution in [3.63, 3.8) is 0 Å². The highest BCUT2D eigenvalue weighted by Crippen LogP contribution is 2.33.